The van der Waals surface area contributed by atoms with E-state index in [1.165, 1.54) is 5.56 Å². The van der Waals surface area contributed by atoms with Gasteiger partial charge in [0, 0.05) is 18.6 Å². The van der Waals surface area contributed by atoms with Crippen molar-refractivity contribution in [2.75, 3.05) is 7.11 Å². The highest BCUT2D eigenvalue weighted by atomic mass is 16.5. The van der Waals surface area contributed by atoms with Crippen LogP contribution in [0.1, 0.15) is 27.0 Å². The Balaban J connectivity index is 1.80. The van der Waals surface area contributed by atoms with Gasteiger partial charge in [0.25, 0.3) is 0 Å². The highest BCUT2D eigenvalue weighted by molar-refractivity contribution is 5.88. The van der Waals surface area contributed by atoms with E-state index < -0.39 is 5.97 Å². The van der Waals surface area contributed by atoms with Gasteiger partial charge in [-0.25, -0.2) is 4.79 Å². The maximum Gasteiger partial charge on any atom is 0.335 e. The van der Waals surface area contributed by atoms with Crippen LogP contribution in [0.25, 0.3) is 0 Å². The summed E-state index contributed by atoms with van der Waals surface area (Å²) in [5, 5.41) is 8.97. The number of ether oxygens (including phenoxy) is 1. The zero-order valence-electron chi connectivity index (χ0n) is 15.0. The molecule has 0 fully saturated rings. The third-order valence-corrected chi connectivity index (χ3v) is 4.25. The van der Waals surface area contributed by atoms with Crippen molar-refractivity contribution in [2.45, 2.75) is 12.8 Å². The molecule has 2 aromatic carbocycles. The lowest BCUT2D eigenvalue weighted by Gasteiger charge is -2.09. The van der Waals surface area contributed by atoms with Gasteiger partial charge in [0.1, 0.15) is 5.75 Å². The summed E-state index contributed by atoms with van der Waals surface area (Å²) in [5.41, 5.74) is 4.32. The maximum absolute atomic E-state index is 10.9. The monoisotopic (exact) mass is 360 g/mol. The molecule has 0 aliphatic carbocycles. The van der Waals surface area contributed by atoms with Gasteiger partial charge in [0.05, 0.1) is 18.4 Å². The third-order valence-electron chi connectivity index (χ3n) is 4.25. The van der Waals surface area contributed by atoms with E-state index in [4.69, 9.17) is 9.84 Å². The number of carboxylic acids is 1. The van der Waals surface area contributed by atoms with Gasteiger partial charge in [0.15, 0.2) is 0 Å². The number of hydrogen-bond acceptors (Lipinski definition) is 4. The number of aryl methyl sites for hydroxylation is 2. The van der Waals surface area contributed by atoms with Crippen LogP contribution in [0.3, 0.4) is 0 Å². The van der Waals surface area contributed by atoms with E-state index >= 15 is 0 Å². The summed E-state index contributed by atoms with van der Waals surface area (Å²) in [6.45, 7) is 0. The molecule has 3 rings (SSSR count). The first-order valence-corrected chi connectivity index (χ1v) is 8.59. The Morgan fingerprint density at radius 1 is 1.07 bits per heavy atom. The van der Waals surface area contributed by atoms with Gasteiger partial charge < -0.3 is 9.84 Å². The number of carbonyl (C=O) groups is 1. The number of rotatable bonds is 7. The molecule has 27 heavy (non-hydrogen) atoms. The van der Waals surface area contributed by atoms with Crippen molar-refractivity contribution in [3.8, 4) is 5.75 Å². The normalized spacial score (nSPS) is 10.9. The Morgan fingerprint density at radius 3 is 2.48 bits per heavy atom. The highest BCUT2D eigenvalue weighted by Gasteiger charge is 2.05. The summed E-state index contributed by atoms with van der Waals surface area (Å²) in [5.74, 6) is -0.137. The molecule has 0 unspecified atom stereocenters. The van der Waals surface area contributed by atoms with Gasteiger partial charge in [-0.05, 0) is 84.1 Å². The molecular formula is C22H20N2O3. The van der Waals surface area contributed by atoms with Crippen molar-refractivity contribution < 1.29 is 14.6 Å². The molecule has 0 amide bonds. The third kappa shape index (κ3) is 5.01. The average molecular weight is 360 g/mol. The van der Waals surface area contributed by atoms with E-state index in [1.54, 1.807) is 50.0 Å². The van der Waals surface area contributed by atoms with Gasteiger partial charge in [-0.15, -0.1) is 0 Å². The Labute approximate surface area is 158 Å². The van der Waals surface area contributed by atoms with Crippen LogP contribution in [0.15, 0.2) is 72.0 Å². The summed E-state index contributed by atoms with van der Waals surface area (Å²) < 4.78 is 5.35. The van der Waals surface area contributed by atoms with Crippen LogP contribution < -0.4 is 4.74 Å². The van der Waals surface area contributed by atoms with Crippen LogP contribution >= 0.6 is 0 Å². The molecule has 5 nitrogen and oxygen atoms in total. The second kappa shape index (κ2) is 8.76. The largest absolute Gasteiger partial charge is 0.497 e. The maximum atomic E-state index is 10.9. The summed E-state index contributed by atoms with van der Waals surface area (Å²) >= 11 is 0. The quantitative estimate of drug-likeness (QED) is 0.637. The molecule has 0 saturated heterocycles. The highest BCUT2D eigenvalue weighted by Crippen LogP contribution is 2.20. The Kier molecular flexibility index (Phi) is 5.94. The van der Waals surface area contributed by atoms with E-state index in [2.05, 4.69) is 9.98 Å². The number of hydrogen-bond donors (Lipinski definition) is 1. The SMILES string of the molecule is COc1ccc(/C=N/c2ccc(C(=O)O)cc2)c(CCc2ccncc2)c1. The predicted octanol–water partition coefficient (Wildman–Crippen LogP) is 4.32. The summed E-state index contributed by atoms with van der Waals surface area (Å²) in [6.07, 6.45) is 7.13. The number of benzene rings is 2. The van der Waals surface area contributed by atoms with Crippen LogP contribution in [0.4, 0.5) is 5.69 Å². The fourth-order valence-corrected chi connectivity index (χ4v) is 2.71. The molecule has 0 bridgehead atoms. The molecule has 0 saturated carbocycles. The molecular weight excluding hydrogens is 340 g/mol. The lowest BCUT2D eigenvalue weighted by Crippen LogP contribution is -1.98. The minimum absolute atomic E-state index is 0.247. The van der Waals surface area contributed by atoms with Gasteiger partial charge >= 0.3 is 5.97 Å². The number of methoxy groups -OCH3 is 1. The summed E-state index contributed by atoms with van der Waals surface area (Å²) in [4.78, 5) is 19.5. The lowest BCUT2D eigenvalue weighted by molar-refractivity contribution is 0.0697. The van der Waals surface area contributed by atoms with Crippen LogP contribution in [0.2, 0.25) is 0 Å². The lowest BCUT2D eigenvalue weighted by atomic mass is 10.0. The first kappa shape index (κ1) is 18.3. The fourth-order valence-electron chi connectivity index (χ4n) is 2.71. The van der Waals surface area contributed by atoms with Crippen molar-refractivity contribution in [1.82, 2.24) is 4.98 Å². The molecule has 1 heterocycles. The Hall–Kier alpha value is -3.47. The van der Waals surface area contributed by atoms with Crippen molar-refractivity contribution in [3.63, 3.8) is 0 Å². The standard InChI is InChI=1S/C22H20N2O3/c1-27-21-9-6-19(15-24-20-7-4-17(5-8-20)22(25)26)18(14-21)3-2-16-10-12-23-13-11-16/h4-15H,2-3H2,1H3,(H,25,26)/b24-15+. The molecule has 0 spiro atoms. The van der Waals surface area contributed by atoms with Crippen molar-refractivity contribution in [3.05, 3.63) is 89.2 Å². The minimum Gasteiger partial charge on any atom is -0.497 e. The average Bonchev–Trinajstić information content (AvgIpc) is 2.72. The van der Waals surface area contributed by atoms with Crippen LogP contribution in [0.5, 0.6) is 5.75 Å². The van der Waals surface area contributed by atoms with E-state index in [-0.39, 0.29) is 5.56 Å². The van der Waals surface area contributed by atoms with Crippen LogP contribution in [-0.2, 0) is 12.8 Å². The topological polar surface area (TPSA) is 71.8 Å². The predicted molar refractivity (Wildman–Crippen MR) is 105 cm³/mol. The Bertz CT molecular complexity index is 936. The fraction of sp³-hybridized carbons (Fsp3) is 0.136. The number of carboxylic acid groups (broad SMARTS) is 1. The second-order valence-corrected chi connectivity index (χ2v) is 6.03. The zero-order chi connectivity index (χ0) is 19.1. The summed E-state index contributed by atoms with van der Waals surface area (Å²) in [6, 6.07) is 16.4. The van der Waals surface area contributed by atoms with E-state index in [9.17, 15) is 4.79 Å². The van der Waals surface area contributed by atoms with E-state index in [1.807, 2.05) is 30.3 Å². The van der Waals surface area contributed by atoms with Crippen molar-refractivity contribution in [1.29, 1.82) is 0 Å². The number of aromatic nitrogens is 1. The van der Waals surface area contributed by atoms with Gasteiger partial charge in [-0.2, -0.15) is 0 Å². The summed E-state index contributed by atoms with van der Waals surface area (Å²) in [7, 11) is 1.65. The molecule has 0 radical (unpaired) electrons. The zero-order valence-corrected chi connectivity index (χ0v) is 15.0. The molecule has 5 heteroatoms. The molecule has 1 N–H and O–H groups in total. The molecule has 0 aliphatic rings. The smallest absolute Gasteiger partial charge is 0.335 e. The number of pyridine rings is 1. The molecule has 0 atom stereocenters. The van der Waals surface area contributed by atoms with Crippen LogP contribution in [0, 0.1) is 0 Å². The van der Waals surface area contributed by atoms with Crippen molar-refractivity contribution in [2.24, 2.45) is 4.99 Å². The van der Waals surface area contributed by atoms with Crippen LogP contribution in [-0.4, -0.2) is 29.4 Å². The number of aromatic carboxylic acids is 1. The molecule has 1 aromatic heterocycles. The first-order valence-electron chi connectivity index (χ1n) is 8.59. The second-order valence-electron chi connectivity index (χ2n) is 6.03. The van der Waals surface area contributed by atoms with Gasteiger partial charge in [0.2, 0.25) is 0 Å². The minimum atomic E-state index is -0.945. The number of nitrogens with zero attached hydrogens (tertiary/aromatic N) is 2. The first-order chi connectivity index (χ1) is 13.2. The van der Waals surface area contributed by atoms with Gasteiger partial charge in [-0.1, -0.05) is 0 Å². The van der Waals surface area contributed by atoms with Crippen molar-refractivity contribution >= 4 is 17.9 Å². The molecule has 0 aliphatic heterocycles. The molecule has 3 aromatic rings. The van der Waals surface area contributed by atoms with E-state index in [0.29, 0.717) is 5.69 Å². The van der Waals surface area contributed by atoms with Gasteiger partial charge in [-0.3, -0.25) is 9.98 Å². The number of aliphatic imine (C=N–C) groups is 1. The molecule has 136 valence electrons. The Morgan fingerprint density at radius 2 is 1.81 bits per heavy atom. The van der Waals surface area contributed by atoms with E-state index in [0.717, 1.165) is 29.7 Å².